The van der Waals surface area contributed by atoms with Gasteiger partial charge in [0.15, 0.2) is 6.29 Å². The number of fused-ring (bicyclic) bond motifs is 1. The smallest absolute Gasteiger partial charge is 0.303 e. The molecule has 0 radical (unpaired) electrons. The molecule has 0 aliphatic carbocycles. The first-order chi connectivity index (χ1) is 12.9. The molecule has 0 fully saturated rings. The van der Waals surface area contributed by atoms with Crippen LogP contribution in [0.3, 0.4) is 0 Å². The van der Waals surface area contributed by atoms with E-state index in [1.54, 1.807) is 6.08 Å². The maximum atomic E-state index is 11.5. The Balaban J connectivity index is 2.39. The number of benzene rings is 1. The number of phenolic OH excluding ortho intramolecular Hbond substituents is 1. The van der Waals surface area contributed by atoms with Crippen molar-refractivity contribution in [3.63, 3.8) is 0 Å². The number of hydrogen-bond donors (Lipinski definition) is 3. The summed E-state index contributed by atoms with van der Waals surface area (Å²) in [5.74, 6) is -1.65. The van der Waals surface area contributed by atoms with E-state index in [2.05, 4.69) is 0 Å². The summed E-state index contributed by atoms with van der Waals surface area (Å²) in [5, 5.41) is 18.9. The zero-order valence-corrected chi connectivity index (χ0v) is 16.7. The fourth-order valence-corrected chi connectivity index (χ4v) is 4.14. The number of carbonyl (C=O) groups is 2. The third-order valence-corrected chi connectivity index (χ3v) is 5.42. The van der Waals surface area contributed by atoms with E-state index >= 15 is 0 Å². The number of hydrogen-bond acceptors (Lipinski definition) is 6. The first-order valence-electron chi connectivity index (χ1n) is 8.93. The van der Waals surface area contributed by atoms with E-state index in [-0.39, 0.29) is 17.7 Å². The van der Waals surface area contributed by atoms with Crippen LogP contribution in [0.4, 0.5) is 5.69 Å². The summed E-state index contributed by atoms with van der Waals surface area (Å²) < 4.78 is 32.2. The normalized spacial score (nSPS) is 15.7. The first-order valence-corrected chi connectivity index (χ1v) is 10.5. The van der Waals surface area contributed by atoms with Gasteiger partial charge < -0.3 is 15.1 Å². The van der Waals surface area contributed by atoms with Gasteiger partial charge in [-0.15, -0.1) is 0 Å². The van der Waals surface area contributed by atoms with Gasteiger partial charge in [-0.25, -0.2) is 0 Å². The third-order valence-electron chi connectivity index (χ3n) is 4.74. The summed E-state index contributed by atoms with van der Waals surface area (Å²) in [7, 11) is -4.29. The minimum Gasteiger partial charge on any atom is -0.507 e. The van der Waals surface area contributed by atoms with Crippen LogP contribution in [0.25, 0.3) is 5.57 Å². The van der Waals surface area contributed by atoms with Crippen molar-refractivity contribution in [2.24, 2.45) is 0 Å². The second-order valence-electron chi connectivity index (χ2n) is 7.45. The van der Waals surface area contributed by atoms with E-state index < -0.39 is 27.4 Å². The molecule has 0 amide bonds. The minimum atomic E-state index is -4.29. The fourth-order valence-electron chi connectivity index (χ4n) is 3.51. The molecule has 1 aliphatic rings. The second kappa shape index (κ2) is 8.32. The van der Waals surface area contributed by atoms with Crippen molar-refractivity contribution in [1.82, 2.24) is 0 Å². The summed E-state index contributed by atoms with van der Waals surface area (Å²) in [6.45, 7) is 4.30. The van der Waals surface area contributed by atoms with Gasteiger partial charge in [-0.2, -0.15) is 8.42 Å². The molecule has 1 heterocycles. The van der Waals surface area contributed by atoms with E-state index in [1.807, 2.05) is 18.7 Å². The lowest BCUT2D eigenvalue weighted by Crippen LogP contribution is -2.46. The molecule has 1 aromatic carbocycles. The lowest BCUT2D eigenvalue weighted by molar-refractivity contribution is -0.137. The average molecular weight is 411 g/mol. The van der Waals surface area contributed by atoms with E-state index in [0.717, 1.165) is 0 Å². The topological polar surface area (TPSA) is 132 Å². The molecule has 0 aromatic heterocycles. The van der Waals surface area contributed by atoms with Crippen LogP contribution in [0.5, 0.6) is 5.75 Å². The van der Waals surface area contributed by atoms with Gasteiger partial charge in [-0.3, -0.25) is 14.1 Å². The van der Waals surface area contributed by atoms with Gasteiger partial charge in [0.2, 0.25) is 0 Å². The van der Waals surface area contributed by atoms with Crippen LogP contribution >= 0.6 is 0 Å². The summed E-state index contributed by atoms with van der Waals surface area (Å²) in [6, 6.07) is 2.84. The number of aliphatic carboxylic acids is 1. The lowest BCUT2D eigenvalue weighted by Gasteiger charge is -2.44. The Hall–Kier alpha value is -2.39. The SMILES string of the molecule is CC1(C)C=C(CS(=O)(=O)O)c2cc(C=O)c(O)cc2N1CCCCCC(=O)O. The van der Waals surface area contributed by atoms with Gasteiger partial charge in [-0.1, -0.05) is 12.5 Å². The maximum Gasteiger partial charge on any atom is 0.303 e. The second-order valence-corrected chi connectivity index (χ2v) is 8.90. The zero-order valence-electron chi connectivity index (χ0n) is 15.9. The van der Waals surface area contributed by atoms with Crippen LogP contribution in [0, 0.1) is 0 Å². The number of carboxylic acid groups (broad SMARTS) is 1. The molecule has 0 spiro atoms. The summed E-state index contributed by atoms with van der Waals surface area (Å²) >= 11 is 0. The molecule has 2 rings (SSSR count). The summed E-state index contributed by atoms with van der Waals surface area (Å²) in [4.78, 5) is 23.8. The number of unbranched alkanes of at least 4 members (excludes halogenated alkanes) is 2. The van der Waals surface area contributed by atoms with Gasteiger partial charge in [0.25, 0.3) is 10.1 Å². The number of carbonyl (C=O) groups excluding carboxylic acids is 1. The van der Waals surface area contributed by atoms with Crippen molar-refractivity contribution >= 4 is 33.6 Å². The number of phenols is 1. The average Bonchev–Trinajstić information content (AvgIpc) is 2.54. The van der Waals surface area contributed by atoms with Crippen LogP contribution in [0.2, 0.25) is 0 Å². The molecule has 0 bridgehead atoms. The van der Waals surface area contributed by atoms with Crippen molar-refractivity contribution in [3.05, 3.63) is 29.3 Å². The van der Waals surface area contributed by atoms with Crippen LogP contribution in [0.1, 0.15) is 55.5 Å². The largest absolute Gasteiger partial charge is 0.507 e. The molecule has 0 saturated heterocycles. The number of rotatable bonds is 9. The van der Waals surface area contributed by atoms with Gasteiger partial charge in [-0.05, 0) is 38.3 Å². The predicted molar refractivity (Wildman–Crippen MR) is 105 cm³/mol. The van der Waals surface area contributed by atoms with Crippen LogP contribution < -0.4 is 4.90 Å². The fraction of sp³-hybridized carbons (Fsp3) is 0.474. The zero-order chi connectivity index (χ0) is 21.1. The maximum absolute atomic E-state index is 11.5. The van der Waals surface area contributed by atoms with Crippen molar-refractivity contribution in [3.8, 4) is 5.75 Å². The number of aromatic hydroxyl groups is 1. The third kappa shape index (κ3) is 5.32. The standard InChI is InChI=1S/C19H25NO7S/c1-19(2)10-14(12-28(25,26)27)15-8-13(11-21)17(22)9-16(15)20(19)7-5-3-4-6-18(23)24/h8-11,22H,3-7,12H2,1-2H3,(H,23,24)(H,25,26,27). The Morgan fingerprint density at radius 1 is 1.21 bits per heavy atom. The van der Waals surface area contributed by atoms with Gasteiger partial charge in [0.05, 0.1) is 11.1 Å². The van der Waals surface area contributed by atoms with Crippen molar-refractivity contribution in [2.75, 3.05) is 17.2 Å². The Morgan fingerprint density at radius 2 is 1.89 bits per heavy atom. The highest BCUT2D eigenvalue weighted by atomic mass is 32.2. The van der Waals surface area contributed by atoms with Crippen molar-refractivity contribution < 1.29 is 32.8 Å². The summed E-state index contributed by atoms with van der Waals surface area (Å²) in [5.41, 5.74) is 0.790. The van der Waals surface area contributed by atoms with Crippen LogP contribution in [0.15, 0.2) is 18.2 Å². The van der Waals surface area contributed by atoms with E-state index in [9.17, 15) is 27.7 Å². The van der Waals surface area contributed by atoms with Crippen molar-refractivity contribution in [2.45, 2.75) is 45.1 Å². The first kappa shape index (κ1) is 21.9. The Bertz CT molecular complexity index is 903. The molecule has 154 valence electrons. The van der Waals surface area contributed by atoms with Gasteiger partial charge >= 0.3 is 5.97 Å². The number of carboxylic acids is 1. The van der Waals surface area contributed by atoms with Crippen LogP contribution in [-0.2, 0) is 14.9 Å². The van der Waals surface area contributed by atoms with Crippen LogP contribution in [-0.4, -0.2) is 53.3 Å². The number of aldehydes is 1. The predicted octanol–water partition coefficient (Wildman–Crippen LogP) is 2.72. The Labute approximate surface area is 164 Å². The highest BCUT2D eigenvalue weighted by molar-refractivity contribution is 7.86. The molecule has 0 saturated carbocycles. The molecule has 1 aromatic rings. The van der Waals surface area contributed by atoms with Gasteiger partial charge in [0.1, 0.15) is 11.5 Å². The van der Waals surface area contributed by atoms with Gasteiger partial charge in [0, 0.05) is 30.3 Å². The van der Waals surface area contributed by atoms with E-state index in [4.69, 9.17) is 5.11 Å². The number of anilines is 1. The molecular formula is C19H25NO7S. The Morgan fingerprint density at radius 3 is 2.46 bits per heavy atom. The molecule has 0 atom stereocenters. The molecule has 28 heavy (non-hydrogen) atoms. The lowest BCUT2D eigenvalue weighted by atomic mass is 9.87. The molecular weight excluding hydrogens is 386 g/mol. The molecule has 0 unspecified atom stereocenters. The summed E-state index contributed by atoms with van der Waals surface area (Å²) in [6.07, 6.45) is 4.27. The molecule has 3 N–H and O–H groups in total. The number of nitrogens with zero attached hydrogens (tertiary/aromatic N) is 1. The molecule has 1 aliphatic heterocycles. The quantitative estimate of drug-likeness (QED) is 0.321. The molecule has 8 nitrogen and oxygen atoms in total. The molecule has 9 heteroatoms. The highest BCUT2D eigenvalue weighted by Gasteiger charge is 2.34. The monoisotopic (exact) mass is 411 g/mol. The van der Waals surface area contributed by atoms with Crippen molar-refractivity contribution in [1.29, 1.82) is 0 Å². The Kier molecular flexibility index (Phi) is 6.51. The van der Waals surface area contributed by atoms with E-state index in [0.29, 0.717) is 48.9 Å². The minimum absolute atomic E-state index is 0.0288. The van der Waals surface area contributed by atoms with E-state index in [1.165, 1.54) is 12.1 Å². The highest BCUT2D eigenvalue weighted by Crippen LogP contribution is 2.42.